The second-order valence-corrected chi connectivity index (χ2v) is 12.0. The molecular formula is C25H38BNO3. The van der Waals surface area contributed by atoms with Crippen molar-refractivity contribution in [3.63, 3.8) is 0 Å². The van der Waals surface area contributed by atoms with E-state index in [2.05, 4.69) is 53.7 Å². The summed E-state index contributed by atoms with van der Waals surface area (Å²) in [5, 5.41) is 0. The fourth-order valence-corrected chi connectivity index (χ4v) is 7.52. The summed E-state index contributed by atoms with van der Waals surface area (Å²) < 4.78 is 13.0. The van der Waals surface area contributed by atoms with Gasteiger partial charge in [-0.05, 0) is 88.4 Å². The van der Waals surface area contributed by atoms with E-state index in [-0.39, 0.29) is 35.1 Å². The third kappa shape index (κ3) is 2.57. The van der Waals surface area contributed by atoms with Crippen molar-refractivity contribution in [3.05, 3.63) is 23.3 Å². The first-order valence-electron chi connectivity index (χ1n) is 11.9. The number of hydrogen-bond acceptors (Lipinski definition) is 3. The third-order valence-corrected chi connectivity index (χ3v) is 10.2. The molecule has 0 aromatic rings. The Bertz CT molecular complexity index is 829. The van der Waals surface area contributed by atoms with Gasteiger partial charge in [0.2, 0.25) is 5.91 Å². The number of fused-ring (bicyclic) bond motifs is 5. The summed E-state index contributed by atoms with van der Waals surface area (Å²) in [7, 11) is 1.76. The van der Waals surface area contributed by atoms with E-state index in [0.29, 0.717) is 24.2 Å². The molecule has 5 atom stereocenters. The molecule has 0 unspecified atom stereocenters. The molecule has 30 heavy (non-hydrogen) atoms. The Balaban J connectivity index is 1.43. The van der Waals surface area contributed by atoms with Crippen LogP contribution in [0.1, 0.15) is 80.1 Å². The van der Waals surface area contributed by atoms with Crippen molar-refractivity contribution >= 4 is 13.0 Å². The minimum atomic E-state index is -0.292. The minimum absolute atomic E-state index is 0.139. The van der Waals surface area contributed by atoms with Crippen molar-refractivity contribution < 1.29 is 14.1 Å². The third-order valence-electron chi connectivity index (χ3n) is 10.2. The van der Waals surface area contributed by atoms with Crippen LogP contribution in [0.5, 0.6) is 0 Å². The van der Waals surface area contributed by atoms with Gasteiger partial charge in [-0.15, -0.1) is 0 Å². The van der Waals surface area contributed by atoms with Crippen molar-refractivity contribution in [2.45, 2.75) is 91.3 Å². The van der Waals surface area contributed by atoms with E-state index < -0.39 is 0 Å². The van der Waals surface area contributed by atoms with Crippen molar-refractivity contribution in [3.8, 4) is 0 Å². The summed E-state index contributed by atoms with van der Waals surface area (Å²) in [5.41, 5.74) is 2.39. The van der Waals surface area contributed by atoms with Crippen molar-refractivity contribution in [2.75, 3.05) is 7.05 Å². The lowest BCUT2D eigenvalue weighted by Crippen LogP contribution is -2.53. The lowest BCUT2D eigenvalue weighted by Gasteiger charge is -2.58. The topological polar surface area (TPSA) is 38.8 Å². The van der Waals surface area contributed by atoms with Crippen LogP contribution in [-0.4, -0.2) is 36.2 Å². The van der Waals surface area contributed by atoms with E-state index in [1.54, 1.807) is 0 Å². The molecule has 0 radical (unpaired) electrons. The lowest BCUT2D eigenvalue weighted by molar-refractivity contribution is -0.135. The molecule has 0 spiro atoms. The Kier molecular flexibility index (Phi) is 4.34. The quantitative estimate of drug-likeness (QED) is 0.561. The van der Waals surface area contributed by atoms with Gasteiger partial charge in [-0.2, -0.15) is 0 Å². The molecule has 5 heteroatoms. The Morgan fingerprint density at radius 2 is 1.60 bits per heavy atom. The van der Waals surface area contributed by atoms with Gasteiger partial charge < -0.3 is 14.2 Å². The van der Waals surface area contributed by atoms with Crippen LogP contribution >= 0.6 is 0 Å². The smallest absolute Gasteiger partial charge is 0.400 e. The number of allylic oxidation sites excluding steroid dienone is 4. The first-order chi connectivity index (χ1) is 13.9. The lowest BCUT2D eigenvalue weighted by atomic mass is 9.46. The highest BCUT2D eigenvalue weighted by Crippen LogP contribution is 2.65. The van der Waals surface area contributed by atoms with Gasteiger partial charge in [0.15, 0.2) is 0 Å². The fraction of sp³-hybridized carbons (Fsp3) is 0.800. The van der Waals surface area contributed by atoms with E-state index in [4.69, 9.17) is 9.31 Å². The maximum atomic E-state index is 12.3. The Hall–Kier alpha value is -1.07. The van der Waals surface area contributed by atoms with Gasteiger partial charge in [-0.25, -0.2) is 0 Å². The van der Waals surface area contributed by atoms with Gasteiger partial charge in [0.05, 0.1) is 11.2 Å². The second kappa shape index (κ2) is 6.25. The van der Waals surface area contributed by atoms with E-state index in [0.717, 1.165) is 19.3 Å². The number of piperidine rings is 1. The molecular weight excluding hydrogens is 373 g/mol. The van der Waals surface area contributed by atoms with Crippen LogP contribution in [0.3, 0.4) is 0 Å². The summed E-state index contributed by atoms with van der Waals surface area (Å²) >= 11 is 0. The highest BCUT2D eigenvalue weighted by molar-refractivity contribution is 6.55. The number of nitrogens with zero attached hydrogens (tertiary/aromatic N) is 1. The van der Waals surface area contributed by atoms with Crippen LogP contribution in [-0.2, 0) is 14.1 Å². The van der Waals surface area contributed by atoms with E-state index in [1.807, 2.05) is 11.9 Å². The Morgan fingerprint density at radius 1 is 0.933 bits per heavy atom. The number of carbonyl (C=O) groups excluding carboxylic acids is 1. The van der Waals surface area contributed by atoms with Gasteiger partial charge in [-0.3, -0.25) is 4.79 Å². The molecule has 5 rings (SSSR count). The first kappa shape index (κ1) is 20.8. The van der Waals surface area contributed by atoms with E-state index in [1.165, 1.54) is 24.0 Å². The molecule has 0 aromatic carbocycles. The summed E-state index contributed by atoms with van der Waals surface area (Å²) in [6.07, 6.45) is 11.2. The van der Waals surface area contributed by atoms with Crippen LogP contribution in [0.15, 0.2) is 23.3 Å². The van der Waals surface area contributed by atoms with Gasteiger partial charge in [0.1, 0.15) is 0 Å². The van der Waals surface area contributed by atoms with Crippen molar-refractivity contribution in [1.82, 2.24) is 4.90 Å². The average Bonchev–Trinajstić information content (AvgIpc) is 3.11. The molecule has 1 saturated carbocycles. The van der Waals surface area contributed by atoms with Crippen molar-refractivity contribution in [2.24, 2.45) is 28.6 Å². The summed E-state index contributed by atoms with van der Waals surface area (Å²) in [5.74, 6) is 2.26. The van der Waals surface area contributed by atoms with Gasteiger partial charge >= 0.3 is 7.12 Å². The molecule has 1 amide bonds. The maximum Gasteiger partial charge on any atom is 0.490 e. The highest BCUT2D eigenvalue weighted by Gasteiger charge is 2.62. The summed E-state index contributed by atoms with van der Waals surface area (Å²) in [6.45, 7) is 13.5. The van der Waals surface area contributed by atoms with Crippen LogP contribution in [0.4, 0.5) is 0 Å². The molecule has 0 N–H and O–H groups in total. The SMILES string of the molecule is CN1C(=O)CC[C@@]2(C)C1=CC[C@@H]1[C@@H]2CC[C@]2(C)C(B3OC(C)(C)C(C)(C)O3)=CC[C@@H]12. The first-order valence-corrected chi connectivity index (χ1v) is 11.9. The monoisotopic (exact) mass is 411 g/mol. The van der Waals surface area contributed by atoms with Crippen LogP contribution in [0.25, 0.3) is 0 Å². The van der Waals surface area contributed by atoms with Gasteiger partial charge in [0.25, 0.3) is 0 Å². The normalized spacial score (nSPS) is 44.2. The minimum Gasteiger partial charge on any atom is -0.400 e. The van der Waals surface area contributed by atoms with Crippen LogP contribution in [0, 0.1) is 28.6 Å². The van der Waals surface area contributed by atoms with Crippen molar-refractivity contribution in [1.29, 1.82) is 0 Å². The molecule has 3 fully saturated rings. The molecule has 2 heterocycles. The molecule has 164 valence electrons. The molecule has 3 aliphatic carbocycles. The van der Waals surface area contributed by atoms with Crippen LogP contribution < -0.4 is 0 Å². The number of amides is 1. The van der Waals surface area contributed by atoms with E-state index in [9.17, 15) is 4.79 Å². The zero-order valence-corrected chi connectivity index (χ0v) is 19.9. The molecule has 0 bridgehead atoms. The second-order valence-electron chi connectivity index (χ2n) is 12.0. The highest BCUT2D eigenvalue weighted by atomic mass is 16.7. The maximum absolute atomic E-state index is 12.3. The van der Waals surface area contributed by atoms with E-state index >= 15 is 0 Å². The molecule has 2 aliphatic heterocycles. The Morgan fingerprint density at radius 3 is 2.27 bits per heavy atom. The predicted octanol–water partition coefficient (Wildman–Crippen LogP) is 5.14. The molecule has 2 saturated heterocycles. The molecule has 4 nitrogen and oxygen atoms in total. The number of likely N-dealkylation sites (tertiary alicyclic amines) is 1. The summed E-state index contributed by atoms with van der Waals surface area (Å²) in [6, 6.07) is 0. The predicted molar refractivity (Wildman–Crippen MR) is 119 cm³/mol. The zero-order chi connectivity index (χ0) is 21.7. The van der Waals surface area contributed by atoms with Gasteiger partial charge in [0, 0.05) is 24.6 Å². The summed E-state index contributed by atoms with van der Waals surface area (Å²) in [4.78, 5) is 14.3. The largest absolute Gasteiger partial charge is 0.490 e. The molecule has 0 aromatic heterocycles. The number of carbonyl (C=O) groups is 1. The Labute approximate surface area is 182 Å². The molecule has 5 aliphatic rings. The average molecular weight is 411 g/mol. The standard InChI is InChI=1S/C25H38BNO3/c1-22(2)23(3,4)30-26(29-22)19-10-9-17-16-8-11-20-25(6,15-13-21(28)27(20)7)18(16)12-14-24(17,19)5/h10-11,16-18H,8-9,12-15H2,1-7H3/t16-,17-,18-,24-,25+/m0/s1. The number of hydrogen-bond donors (Lipinski definition) is 0. The number of rotatable bonds is 1. The fourth-order valence-electron chi connectivity index (χ4n) is 7.52. The van der Waals surface area contributed by atoms with Gasteiger partial charge in [-0.1, -0.05) is 26.0 Å². The van der Waals surface area contributed by atoms with Crippen LogP contribution in [0.2, 0.25) is 0 Å². The zero-order valence-electron chi connectivity index (χ0n) is 19.9.